The summed E-state index contributed by atoms with van der Waals surface area (Å²) in [7, 11) is 0. The number of alkyl halides is 2. The Hall–Kier alpha value is -4.60. The van der Waals surface area contributed by atoms with E-state index < -0.39 is 12.8 Å². The molecule has 0 N–H and O–H groups in total. The number of likely N-dealkylation sites (tertiary alicyclic amines) is 1. The highest BCUT2D eigenvalue weighted by atomic mass is 127. The van der Waals surface area contributed by atoms with E-state index in [2.05, 4.69) is 53.2 Å². The number of aryl methyl sites for hydroxylation is 1. The van der Waals surface area contributed by atoms with Gasteiger partial charge in [-0.05, 0) is 29.0 Å². The fourth-order valence-electron chi connectivity index (χ4n) is 5.87. The Morgan fingerprint density at radius 1 is 0.725 bits per heavy atom. The molecule has 0 aliphatic carbocycles. The van der Waals surface area contributed by atoms with E-state index in [0.29, 0.717) is 65.9 Å². The predicted molar refractivity (Wildman–Crippen MR) is 202 cm³/mol. The molecule has 15 heteroatoms. The number of benzene rings is 3. The number of carbonyl (C=O) groups is 1. The molecule has 51 heavy (non-hydrogen) atoms. The standard InChI is InChI=1S/C19H14ClFN4.C17H14ClFIN5O/c20-16-15-17(13-7-3-1-4-8-13)24-25(12-11-21)19(15)23-22-18(16)14-9-5-2-6-10-14;18-14-13-16(20)23-25(9-12(26)24-7-6-11(19)8-24)17(13)22-21-15(14)10-4-2-1-3-5-10/h1-10H,11-12H2;1-5,11H,6-9H2/t;11-/m.1/s1. The van der Waals surface area contributed by atoms with Crippen molar-refractivity contribution in [2.24, 2.45) is 0 Å². The lowest BCUT2D eigenvalue weighted by Gasteiger charge is -2.15. The van der Waals surface area contributed by atoms with Crippen LogP contribution in [0.1, 0.15) is 6.42 Å². The Balaban J connectivity index is 0.000000159. The van der Waals surface area contributed by atoms with E-state index in [9.17, 15) is 13.6 Å². The molecule has 0 radical (unpaired) electrons. The Morgan fingerprint density at radius 2 is 1.24 bits per heavy atom. The molecule has 3 aromatic carbocycles. The first kappa shape index (κ1) is 34.8. The first-order chi connectivity index (χ1) is 24.8. The van der Waals surface area contributed by atoms with Crippen molar-refractivity contribution in [3.05, 3.63) is 105 Å². The maximum atomic E-state index is 13.3. The van der Waals surface area contributed by atoms with Crippen LogP contribution in [-0.2, 0) is 17.9 Å². The number of rotatable bonds is 7. The monoisotopic (exact) mass is 837 g/mol. The normalized spacial score (nSPS) is 14.2. The number of nitrogens with zero attached hydrogens (tertiary/aromatic N) is 9. The number of aromatic nitrogens is 8. The highest BCUT2D eigenvalue weighted by Crippen LogP contribution is 2.37. The van der Waals surface area contributed by atoms with E-state index >= 15 is 0 Å². The van der Waals surface area contributed by atoms with Crippen LogP contribution >= 0.6 is 45.8 Å². The summed E-state index contributed by atoms with van der Waals surface area (Å²) in [4.78, 5) is 13.9. The minimum absolute atomic E-state index is 0.0120. The molecule has 4 aromatic heterocycles. The maximum absolute atomic E-state index is 13.3. The van der Waals surface area contributed by atoms with Crippen molar-refractivity contribution in [1.82, 2.24) is 44.9 Å². The number of carbonyl (C=O) groups excluding carboxylic acids is 1. The molecule has 1 aliphatic heterocycles. The van der Waals surface area contributed by atoms with Gasteiger partial charge in [0.05, 0.1) is 33.9 Å². The van der Waals surface area contributed by atoms with Crippen LogP contribution in [-0.4, -0.2) is 76.7 Å². The summed E-state index contributed by atoms with van der Waals surface area (Å²) in [6.07, 6.45) is -0.564. The smallest absolute Gasteiger partial charge is 0.244 e. The van der Waals surface area contributed by atoms with Crippen molar-refractivity contribution >= 4 is 73.8 Å². The molecular formula is C36H28Cl2F2IN9O. The molecule has 1 aliphatic rings. The molecule has 10 nitrogen and oxygen atoms in total. The third-order valence-corrected chi connectivity index (χ3v) is 9.85. The summed E-state index contributed by atoms with van der Waals surface area (Å²) < 4.78 is 29.9. The molecule has 0 spiro atoms. The average Bonchev–Trinajstić information content (AvgIpc) is 3.86. The van der Waals surface area contributed by atoms with Gasteiger partial charge in [-0.1, -0.05) is 114 Å². The summed E-state index contributed by atoms with van der Waals surface area (Å²) in [5.74, 6) is -0.184. The number of fused-ring (bicyclic) bond motifs is 2. The SMILES string of the molecule is FCCn1nc(-c2ccccc2)c2c(Cl)c(-c3ccccc3)nnc21.O=C(Cn1nc(I)c2c(Cl)c(-c3ccccc3)nnc21)N1CC[C@@H](F)C1. The molecule has 0 unspecified atom stereocenters. The van der Waals surface area contributed by atoms with Gasteiger partial charge in [-0.15, -0.1) is 20.4 Å². The summed E-state index contributed by atoms with van der Waals surface area (Å²) >= 11 is 15.3. The van der Waals surface area contributed by atoms with Crippen molar-refractivity contribution < 1.29 is 13.6 Å². The third-order valence-electron chi connectivity index (χ3n) is 8.36. The lowest BCUT2D eigenvalue weighted by Crippen LogP contribution is -2.32. The Bertz CT molecular complexity index is 2330. The van der Waals surface area contributed by atoms with E-state index in [-0.39, 0.29) is 25.5 Å². The minimum atomic E-state index is -0.948. The Morgan fingerprint density at radius 3 is 1.75 bits per heavy atom. The highest BCUT2D eigenvalue weighted by Gasteiger charge is 2.27. The quantitative estimate of drug-likeness (QED) is 0.149. The molecule has 1 atom stereocenters. The van der Waals surface area contributed by atoms with Crippen LogP contribution in [0, 0.1) is 3.70 Å². The van der Waals surface area contributed by atoms with E-state index in [4.69, 9.17) is 23.2 Å². The van der Waals surface area contributed by atoms with Crippen LogP contribution in [0.3, 0.4) is 0 Å². The van der Waals surface area contributed by atoms with Crippen LogP contribution in [0.2, 0.25) is 10.0 Å². The van der Waals surface area contributed by atoms with Gasteiger partial charge in [0.25, 0.3) is 0 Å². The van der Waals surface area contributed by atoms with Gasteiger partial charge in [0.15, 0.2) is 11.3 Å². The molecule has 258 valence electrons. The molecule has 0 bridgehead atoms. The first-order valence-corrected chi connectivity index (χ1v) is 17.8. The zero-order valence-corrected chi connectivity index (χ0v) is 30.5. The van der Waals surface area contributed by atoms with E-state index in [1.807, 2.05) is 91.0 Å². The number of amides is 1. The van der Waals surface area contributed by atoms with Crippen LogP contribution in [0.25, 0.3) is 55.8 Å². The fraction of sp³-hybridized carbons (Fsp3) is 0.194. The Kier molecular flexibility index (Phi) is 10.5. The number of hydrogen-bond acceptors (Lipinski definition) is 7. The van der Waals surface area contributed by atoms with Gasteiger partial charge in [0.2, 0.25) is 5.91 Å². The van der Waals surface area contributed by atoms with E-state index in [1.165, 1.54) is 14.3 Å². The minimum Gasteiger partial charge on any atom is -0.338 e. The zero-order chi connectivity index (χ0) is 35.5. The number of halogens is 5. The predicted octanol–water partition coefficient (Wildman–Crippen LogP) is 8.10. The van der Waals surface area contributed by atoms with Crippen molar-refractivity contribution in [3.63, 3.8) is 0 Å². The summed E-state index contributed by atoms with van der Waals surface area (Å²) in [5.41, 5.74) is 5.41. The fourth-order valence-corrected chi connectivity index (χ4v) is 7.44. The second-order valence-electron chi connectivity index (χ2n) is 11.7. The van der Waals surface area contributed by atoms with Gasteiger partial charge in [0.1, 0.15) is 40.2 Å². The van der Waals surface area contributed by atoms with Gasteiger partial charge >= 0.3 is 0 Å². The third kappa shape index (κ3) is 7.14. The summed E-state index contributed by atoms with van der Waals surface area (Å²) in [6, 6.07) is 28.8. The molecule has 8 rings (SSSR count). The van der Waals surface area contributed by atoms with Crippen LogP contribution < -0.4 is 0 Å². The zero-order valence-electron chi connectivity index (χ0n) is 26.8. The van der Waals surface area contributed by atoms with Gasteiger partial charge < -0.3 is 4.90 Å². The first-order valence-electron chi connectivity index (χ1n) is 16.0. The van der Waals surface area contributed by atoms with Crippen molar-refractivity contribution in [3.8, 4) is 33.8 Å². The van der Waals surface area contributed by atoms with Crippen LogP contribution in [0.4, 0.5) is 8.78 Å². The van der Waals surface area contributed by atoms with Gasteiger partial charge in [-0.3, -0.25) is 4.79 Å². The van der Waals surface area contributed by atoms with Crippen molar-refractivity contribution in [1.29, 1.82) is 0 Å². The lowest BCUT2D eigenvalue weighted by molar-refractivity contribution is -0.131. The molecule has 1 fully saturated rings. The molecule has 0 saturated carbocycles. The maximum Gasteiger partial charge on any atom is 0.244 e. The van der Waals surface area contributed by atoms with E-state index in [0.717, 1.165) is 16.7 Å². The second kappa shape index (κ2) is 15.3. The molecule has 7 aromatic rings. The lowest BCUT2D eigenvalue weighted by atomic mass is 10.1. The van der Waals surface area contributed by atoms with E-state index in [1.54, 1.807) is 0 Å². The van der Waals surface area contributed by atoms with Gasteiger partial charge in [-0.25, -0.2) is 18.1 Å². The molecular weight excluding hydrogens is 810 g/mol. The van der Waals surface area contributed by atoms with Crippen LogP contribution in [0.5, 0.6) is 0 Å². The Labute approximate surface area is 314 Å². The van der Waals surface area contributed by atoms with Crippen molar-refractivity contribution in [2.45, 2.75) is 25.7 Å². The van der Waals surface area contributed by atoms with Gasteiger partial charge in [-0.2, -0.15) is 10.2 Å². The largest absolute Gasteiger partial charge is 0.338 e. The molecule has 1 saturated heterocycles. The number of hydrogen-bond donors (Lipinski definition) is 0. The van der Waals surface area contributed by atoms with Crippen LogP contribution in [0.15, 0.2) is 91.0 Å². The summed E-state index contributed by atoms with van der Waals surface area (Å²) in [5, 5.41) is 28.2. The molecule has 1 amide bonds. The van der Waals surface area contributed by atoms with Gasteiger partial charge in [0, 0.05) is 23.2 Å². The second-order valence-corrected chi connectivity index (χ2v) is 13.4. The summed E-state index contributed by atoms with van der Waals surface area (Å²) in [6.45, 7) is 0.131. The topological polar surface area (TPSA) is 108 Å². The van der Waals surface area contributed by atoms with Crippen molar-refractivity contribution in [2.75, 3.05) is 19.8 Å². The average molecular weight is 838 g/mol. The highest BCUT2D eigenvalue weighted by molar-refractivity contribution is 14.1. The molecule has 5 heterocycles.